The van der Waals surface area contributed by atoms with Gasteiger partial charge in [0.05, 0.1) is 6.33 Å². The van der Waals surface area contributed by atoms with E-state index in [0.29, 0.717) is 6.54 Å². The van der Waals surface area contributed by atoms with E-state index in [2.05, 4.69) is 10.3 Å². The minimum Gasteiger partial charge on any atom is -0.478 e. The zero-order valence-electron chi connectivity index (χ0n) is 8.63. The van der Waals surface area contributed by atoms with E-state index in [0.717, 1.165) is 12.6 Å². The number of hydrogen-bond donors (Lipinski definition) is 2. The molecule has 1 unspecified atom stereocenters. The van der Waals surface area contributed by atoms with Crippen molar-refractivity contribution in [1.29, 1.82) is 0 Å². The molecule has 1 rings (SSSR count). The zero-order chi connectivity index (χ0) is 11.1. The summed E-state index contributed by atoms with van der Waals surface area (Å²) in [7, 11) is 0. The molecule has 5 heteroatoms. The highest BCUT2D eigenvalue weighted by atomic mass is 16.4. The maximum absolute atomic E-state index is 10.2. The van der Waals surface area contributed by atoms with Crippen LogP contribution in [0.2, 0.25) is 0 Å². The smallest absolute Gasteiger partial charge is 0.328 e. The van der Waals surface area contributed by atoms with Crippen LogP contribution in [0, 0.1) is 0 Å². The molecule has 5 nitrogen and oxygen atoms in total. The van der Waals surface area contributed by atoms with E-state index in [1.807, 2.05) is 17.7 Å². The van der Waals surface area contributed by atoms with Crippen molar-refractivity contribution < 1.29 is 9.90 Å². The predicted octanol–water partition coefficient (Wildman–Crippen LogP) is 0.502. The molecular formula is C10H15N3O2. The van der Waals surface area contributed by atoms with E-state index in [-0.39, 0.29) is 6.04 Å². The topological polar surface area (TPSA) is 67.2 Å². The quantitative estimate of drug-likeness (QED) is 0.670. The van der Waals surface area contributed by atoms with Crippen molar-refractivity contribution in [2.45, 2.75) is 19.5 Å². The van der Waals surface area contributed by atoms with Gasteiger partial charge < -0.3 is 15.0 Å². The largest absolute Gasteiger partial charge is 0.478 e. The molecule has 0 fully saturated rings. The van der Waals surface area contributed by atoms with Crippen molar-refractivity contribution in [2.24, 2.45) is 0 Å². The molecule has 0 spiro atoms. The summed E-state index contributed by atoms with van der Waals surface area (Å²) in [5.74, 6) is -0.918. The minimum absolute atomic E-state index is 0.276. The Morgan fingerprint density at radius 3 is 3.13 bits per heavy atom. The Kier molecular flexibility index (Phi) is 4.56. The van der Waals surface area contributed by atoms with Gasteiger partial charge in [0, 0.05) is 37.6 Å². The van der Waals surface area contributed by atoms with Gasteiger partial charge in [0.15, 0.2) is 0 Å². The summed E-state index contributed by atoms with van der Waals surface area (Å²) in [4.78, 5) is 14.1. The molecule has 2 N–H and O–H groups in total. The Hall–Kier alpha value is -1.62. The molecule has 1 atom stereocenters. The maximum Gasteiger partial charge on any atom is 0.328 e. The lowest BCUT2D eigenvalue weighted by atomic mass is 10.3. The molecule has 0 aliphatic heterocycles. The molecular weight excluding hydrogens is 194 g/mol. The van der Waals surface area contributed by atoms with Gasteiger partial charge in [0.25, 0.3) is 0 Å². The van der Waals surface area contributed by atoms with Crippen LogP contribution in [-0.2, 0) is 11.3 Å². The van der Waals surface area contributed by atoms with Crippen LogP contribution in [0.4, 0.5) is 0 Å². The summed E-state index contributed by atoms with van der Waals surface area (Å²) in [5, 5.41) is 11.5. The van der Waals surface area contributed by atoms with Crippen molar-refractivity contribution in [2.75, 3.05) is 6.54 Å². The van der Waals surface area contributed by atoms with Gasteiger partial charge in [0.2, 0.25) is 0 Å². The third-order valence-electron chi connectivity index (χ3n) is 1.89. The molecule has 0 aliphatic carbocycles. The molecule has 82 valence electrons. The van der Waals surface area contributed by atoms with E-state index >= 15 is 0 Å². The molecule has 0 saturated carbocycles. The number of aliphatic carboxylic acids is 1. The Morgan fingerprint density at radius 1 is 1.73 bits per heavy atom. The number of carboxylic acids is 1. The van der Waals surface area contributed by atoms with E-state index in [1.165, 1.54) is 0 Å². The molecule has 0 radical (unpaired) electrons. The fourth-order valence-corrected chi connectivity index (χ4v) is 1.20. The van der Waals surface area contributed by atoms with Crippen molar-refractivity contribution >= 4 is 5.97 Å². The Bertz CT molecular complexity index is 319. The second-order valence-corrected chi connectivity index (χ2v) is 3.31. The molecule has 0 amide bonds. The highest BCUT2D eigenvalue weighted by Crippen LogP contribution is 1.91. The first-order valence-electron chi connectivity index (χ1n) is 4.77. The average Bonchev–Trinajstić information content (AvgIpc) is 2.64. The molecule has 1 heterocycles. The van der Waals surface area contributed by atoms with Gasteiger partial charge >= 0.3 is 5.97 Å². The molecule has 15 heavy (non-hydrogen) atoms. The third-order valence-corrected chi connectivity index (χ3v) is 1.89. The molecule has 1 aromatic rings. The summed E-state index contributed by atoms with van der Waals surface area (Å²) in [6, 6.07) is 0.276. The SMILES string of the molecule is CC(Cn1ccnc1)NC/C=C/C(=O)O. The second-order valence-electron chi connectivity index (χ2n) is 3.31. The van der Waals surface area contributed by atoms with Gasteiger partial charge in [-0.2, -0.15) is 0 Å². The van der Waals surface area contributed by atoms with Crippen molar-refractivity contribution in [3.8, 4) is 0 Å². The lowest BCUT2D eigenvalue weighted by Crippen LogP contribution is -2.30. The summed E-state index contributed by atoms with van der Waals surface area (Å²) >= 11 is 0. The van der Waals surface area contributed by atoms with Crippen LogP contribution in [0.5, 0.6) is 0 Å². The van der Waals surface area contributed by atoms with Gasteiger partial charge in [-0.1, -0.05) is 6.08 Å². The van der Waals surface area contributed by atoms with Crippen LogP contribution in [0.15, 0.2) is 30.9 Å². The van der Waals surface area contributed by atoms with E-state index in [4.69, 9.17) is 5.11 Å². The number of nitrogens with zero attached hydrogens (tertiary/aromatic N) is 2. The Balaban J connectivity index is 2.19. The molecule has 0 saturated heterocycles. The van der Waals surface area contributed by atoms with Crippen LogP contribution in [0.1, 0.15) is 6.92 Å². The van der Waals surface area contributed by atoms with Crippen molar-refractivity contribution in [1.82, 2.24) is 14.9 Å². The number of carbonyl (C=O) groups is 1. The summed E-state index contributed by atoms with van der Waals surface area (Å²) in [6.45, 7) is 3.41. The molecule has 0 aromatic carbocycles. The summed E-state index contributed by atoms with van der Waals surface area (Å²) in [5.41, 5.74) is 0. The van der Waals surface area contributed by atoms with E-state index in [9.17, 15) is 4.79 Å². The van der Waals surface area contributed by atoms with E-state index in [1.54, 1.807) is 18.6 Å². The molecule has 0 bridgehead atoms. The lowest BCUT2D eigenvalue weighted by Gasteiger charge is -2.12. The number of aromatic nitrogens is 2. The fraction of sp³-hybridized carbons (Fsp3) is 0.400. The van der Waals surface area contributed by atoms with Crippen LogP contribution in [0.25, 0.3) is 0 Å². The standard InChI is InChI=1S/C10H15N3O2/c1-9(7-13-6-5-11-8-13)12-4-2-3-10(14)15/h2-3,5-6,8-9,12H,4,7H2,1H3,(H,14,15)/b3-2+. The van der Waals surface area contributed by atoms with Gasteiger partial charge in [-0.3, -0.25) is 0 Å². The number of rotatable bonds is 6. The highest BCUT2D eigenvalue weighted by molar-refractivity contribution is 5.79. The van der Waals surface area contributed by atoms with Gasteiger partial charge in [0.1, 0.15) is 0 Å². The first kappa shape index (κ1) is 11.5. The van der Waals surface area contributed by atoms with Gasteiger partial charge in [-0.05, 0) is 6.92 Å². The number of hydrogen-bond acceptors (Lipinski definition) is 3. The first-order chi connectivity index (χ1) is 7.18. The zero-order valence-corrected chi connectivity index (χ0v) is 8.63. The fourth-order valence-electron chi connectivity index (χ4n) is 1.20. The van der Waals surface area contributed by atoms with E-state index < -0.39 is 5.97 Å². The highest BCUT2D eigenvalue weighted by Gasteiger charge is 1.99. The second kappa shape index (κ2) is 5.98. The average molecular weight is 209 g/mol. The monoisotopic (exact) mass is 209 g/mol. The normalized spacial score (nSPS) is 13.1. The summed E-state index contributed by atoms with van der Waals surface area (Å²) in [6.07, 6.45) is 8.11. The van der Waals surface area contributed by atoms with Gasteiger partial charge in [-0.15, -0.1) is 0 Å². The number of nitrogens with one attached hydrogen (secondary N) is 1. The molecule has 0 aliphatic rings. The summed E-state index contributed by atoms with van der Waals surface area (Å²) < 4.78 is 1.97. The van der Waals surface area contributed by atoms with Crippen molar-refractivity contribution in [3.63, 3.8) is 0 Å². The third kappa shape index (κ3) is 4.97. The van der Waals surface area contributed by atoms with Crippen LogP contribution >= 0.6 is 0 Å². The van der Waals surface area contributed by atoms with Crippen LogP contribution < -0.4 is 5.32 Å². The number of carboxylic acid groups (broad SMARTS) is 1. The number of imidazole rings is 1. The Morgan fingerprint density at radius 2 is 2.53 bits per heavy atom. The van der Waals surface area contributed by atoms with Gasteiger partial charge in [-0.25, -0.2) is 9.78 Å². The lowest BCUT2D eigenvalue weighted by molar-refractivity contribution is -0.131. The van der Waals surface area contributed by atoms with Crippen LogP contribution in [0.3, 0.4) is 0 Å². The maximum atomic E-state index is 10.2. The van der Waals surface area contributed by atoms with Crippen molar-refractivity contribution in [3.05, 3.63) is 30.9 Å². The molecule has 1 aromatic heterocycles. The predicted molar refractivity (Wildman–Crippen MR) is 56.5 cm³/mol. The Labute approximate surface area is 88.4 Å². The minimum atomic E-state index is -0.918. The van der Waals surface area contributed by atoms with Crippen LogP contribution in [-0.4, -0.2) is 33.2 Å². The first-order valence-corrected chi connectivity index (χ1v) is 4.77.